The molecule has 0 spiro atoms. The molecule has 0 bridgehead atoms. The molecule has 15 nitrogen and oxygen atoms in total. The summed E-state index contributed by atoms with van der Waals surface area (Å²) in [7, 11) is 0. The number of carboxylic acids is 1. The van der Waals surface area contributed by atoms with Crippen LogP contribution in [-0.2, 0) is 33.6 Å². The number of hydrogen-bond acceptors (Lipinski definition) is 8. The van der Waals surface area contributed by atoms with E-state index in [1.807, 2.05) is 48.5 Å². The van der Waals surface area contributed by atoms with Gasteiger partial charge in [-0.2, -0.15) is 0 Å². The van der Waals surface area contributed by atoms with Crippen LogP contribution >= 0.6 is 0 Å². The van der Waals surface area contributed by atoms with Crippen molar-refractivity contribution in [3.8, 4) is 0 Å². The molecule has 51 heavy (non-hydrogen) atoms. The topological polar surface area (TPSA) is 220 Å². The smallest absolute Gasteiger partial charge is 0.326 e. The van der Waals surface area contributed by atoms with Crippen LogP contribution < -0.4 is 27.0 Å². The number of hydrogen-bond donors (Lipinski definition) is 6. The molecule has 2 aliphatic rings. The molecule has 0 radical (unpaired) electrons. The van der Waals surface area contributed by atoms with Gasteiger partial charge in [-0.15, -0.1) is 0 Å². The summed E-state index contributed by atoms with van der Waals surface area (Å²) in [5.41, 5.74) is 5.49. The van der Waals surface area contributed by atoms with Gasteiger partial charge in [-0.1, -0.05) is 68.2 Å². The fourth-order valence-corrected chi connectivity index (χ4v) is 6.77. The third-order valence-corrected chi connectivity index (χ3v) is 10.1. The highest BCUT2D eigenvalue weighted by atomic mass is 16.4. The molecule has 8 atom stereocenters. The Morgan fingerprint density at radius 2 is 1.12 bits per heavy atom. The van der Waals surface area contributed by atoms with Crippen LogP contribution in [0, 0.1) is 23.7 Å². The number of likely N-dealkylation sites (tertiary alicyclic amines) is 2. The first-order valence-corrected chi connectivity index (χ1v) is 18.7. The van der Waals surface area contributed by atoms with E-state index >= 15 is 0 Å². The molecule has 2 fully saturated rings. The summed E-state index contributed by atoms with van der Waals surface area (Å²) < 4.78 is 0. The Labute approximate surface area is 302 Å². The molecule has 2 rings (SSSR count). The van der Waals surface area contributed by atoms with Gasteiger partial charge in [0.15, 0.2) is 0 Å². The molecule has 2 heterocycles. The van der Waals surface area contributed by atoms with Gasteiger partial charge in [0.2, 0.25) is 35.4 Å². The second-order valence-corrected chi connectivity index (χ2v) is 15.1. The van der Waals surface area contributed by atoms with Crippen LogP contribution in [0.4, 0.5) is 0 Å². The van der Waals surface area contributed by atoms with E-state index < -0.39 is 71.8 Å². The van der Waals surface area contributed by atoms with Crippen molar-refractivity contribution in [1.82, 2.24) is 31.1 Å². The second-order valence-electron chi connectivity index (χ2n) is 15.1. The fraction of sp³-hybridized carbons (Fsp3) is 0.806. The van der Waals surface area contributed by atoms with Gasteiger partial charge in [0.25, 0.3) is 0 Å². The number of aliphatic carboxylic acids is 1. The molecule has 2 saturated heterocycles. The van der Waals surface area contributed by atoms with Gasteiger partial charge in [-0.25, -0.2) is 4.79 Å². The summed E-state index contributed by atoms with van der Waals surface area (Å²) in [6.45, 7) is 15.3. The van der Waals surface area contributed by atoms with Gasteiger partial charge in [0, 0.05) is 13.1 Å². The Bertz CT molecular complexity index is 1240. The number of nitrogens with zero attached hydrogens (tertiary/aromatic N) is 2. The first-order valence-electron chi connectivity index (χ1n) is 18.7. The minimum Gasteiger partial charge on any atom is -0.480 e. The highest BCUT2D eigenvalue weighted by molar-refractivity contribution is 5.97. The van der Waals surface area contributed by atoms with Crippen LogP contribution in [0.2, 0.25) is 0 Å². The monoisotopic (exact) mass is 721 g/mol. The largest absolute Gasteiger partial charge is 0.480 e. The minimum absolute atomic E-state index is 0.000645. The third-order valence-electron chi connectivity index (χ3n) is 10.1. The number of rotatable bonds is 19. The molecule has 15 heteroatoms. The zero-order valence-electron chi connectivity index (χ0n) is 31.8. The summed E-state index contributed by atoms with van der Waals surface area (Å²) >= 11 is 0. The second kappa shape index (κ2) is 20.3. The van der Waals surface area contributed by atoms with Crippen molar-refractivity contribution in [3.05, 3.63) is 0 Å². The SMILES string of the molecule is CC[C@H](C)[C@H](NC(=O)[C@H](CC(C)C)NC(=O)[C@@H]1CCCN1C(=O)[C@H](CC(C)C)NC(=O)[C@@H]1CCCN1C(=O)[C@@H](NC(=O)CN)[C@@H](C)CC)C(=O)O. The third kappa shape index (κ3) is 12.2. The van der Waals surface area contributed by atoms with Gasteiger partial charge in [-0.05, 0) is 62.2 Å². The van der Waals surface area contributed by atoms with E-state index in [1.54, 1.807) is 6.92 Å². The van der Waals surface area contributed by atoms with Gasteiger partial charge in [0.1, 0.15) is 36.3 Å². The van der Waals surface area contributed by atoms with Crippen LogP contribution in [-0.4, -0.2) is 112 Å². The number of amides is 6. The molecule has 7 N–H and O–H groups in total. The first-order chi connectivity index (χ1) is 24.0. The lowest BCUT2D eigenvalue weighted by Crippen LogP contribution is -2.60. The lowest BCUT2D eigenvalue weighted by molar-refractivity contribution is -0.145. The van der Waals surface area contributed by atoms with Gasteiger partial charge >= 0.3 is 5.97 Å². The van der Waals surface area contributed by atoms with Crippen LogP contribution in [0.15, 0.2) is 0 Å². The summed E-state index contributed by atoms with van der Waals surface area (Å²) in [5, 5.41) is 20.7. The zero-order valence-corrected chi connectivity index (χ0v) is 31.8. The molecule has 0 aromatic heterocycles. The van der Waals surface area contributed by atoms with Crippen molar-refractivity contribution in [3.63, 3.8) is 0 Å². The number of nitrogens with two attached hydrogens (primary N) is 1. The quantitative estimate of drug-likeness (QED) is 0.112. The maximum atomic E-state index is 14.1. The van der Waals surface area contributed by atoms with E-state index in [1.165, 1.54) is 9.80 Å². The predicted molar refractivity (Wildman–Crippen MR) is 192 cm³/mol. The molecule has 290 valence electrons. The van der Waals surface area contributed by atoms with E-state index in [4.69, 9.17) is 5.73 Å². The molecule has 0 saturated carbocycles. The Balaban J connectivity index is 2.25. The zero-order chi connectivity index (χ0) is 38.6. The number of carbonyl (C=O) groups excluding carboxylic acids is 6. The summed E-state index contributed by atoms with van der Waals surface area (Å²) in [6.07, 6.45) is 3.58. The number of carbonyl (C=O) groups is 7. The maximum absolute atomic E-state index is 14.1. The Morgan fingerprint density at radius 3 is 1.57 bits per heavy atom. The predicted octanol–water partition coefficient (Wildman–Crippen LogP) is 1.14. The van der Waals surface area contributed by atoms with Crippen LogP contribution in [0.5, 0.6) is 0 Å². The van der Waals surface area contributed by atoms with Gasteiger partial charge in [-0.3, -0.25) is 28.8 Å². The maximum Gasteiger partial charge on any atom is 0.326 e. The van der Waals surface area contributed by atoms with Crippen LogP contribution in [0.3, 0.4) is 0 Å². The van der Waals surface area contributed by atoms with E-state index in [0.29, 0.717) is 51.5 Å². The lowest BCUT2D eigenvalue weighted by Gasteiger charge is -2.33. The minimum atomic E-state index is -1.16. The molecule has 0 aliphatic carbocycles. The average Bonchev–Trinajstić information content (AvgIpc) is 3.78. The van der Waals surface area contributed by atoms with Crippen molar-refractivity contribution in [1.29, 1.82) is 0 Å². The van der Waals surface area contributed by atoms with Crippen molar-refractivity contribution in [2.24, 2.45) is 29.4 Å². The lowest BCUT2D eigenvalue weighted by atomic mass is 9.97. The van der Waals surface area contributed by atoms with Gasteiger partial charge < -0.3 is 41.9 Å². The molecular weight excluding hydrogens is 658 g/mol. The van der Waals surface area contributed by atoms with E-state index in [-0.39, 0.29) is 49.1 Å². The molecule has 6 amide bonds. The Hall–Kier alpha value is -3.75. The van der Waals surface area contributed by atoms with Crippen molar-refractivity contribution < 1.29 is 38.7 Å². The average molecular weight is 722 g/mol. The fourth-order valence-electron chi connectivity index (χ4n) is 6.77. The van der Waals surface area contributed by atoms with Crippen LogP contribution in [0.1, 0.15) is 107 Å². The van der Waals surface area contributed by atoms with E-state index in [9.17, 15) is 38.7 Å². The standard InChI is InChI=1S/C36H63N7O8/c1-9-22(7)29(40-28(44)19-37)35(49)43-16-12-14-27(43)33(47)39-25(18-21(5)6)34(48)42-15-11-13-26(42)32(46)38-24(17-20(3)4)31(45)41-30(36(50)51)23(8)10-2/h20-27,29-30H,9-19,37H2,1-8H3,(H,38,46)(H,39,47)(H,40,44)(H,41,45)(H,50,51)/t22-,23-,24-,25-,26-,27-,29-,30-/m0/s1. The summed E-state index contributed by atoms with van der Waals surface area (Å²) in [5.74, 6) is -4.53. The Morgan fingerprint density at radius 1 is 0.667 bits per heavy atom. The molecule has 0 aromatic rings. The van der Waals surface area contributed by atoms with E-state index in [2.05, 4.69) is 21.3 Å². The molecule has 0 aromatic carbocycles. The van der Waals surface area contributed by atoms with E-state index in [0.717, 1.165) is 0 Å². The van der Waals surface area contributed by atoms with Crippen molar-refractivity contribution in [2.45, 2.75) is 143 Å². The highest BCUT2D eigenvalue weighted by Gasteiger charge is 2.43. The van der Waals surface area contributed by atoms with Gasteiger partial charge in [0.05, 0.1) is 6.54 Å². The molecule has 2 aliphatic heterocycles. The van der Waals surface area contributed by atoms with Crippen LogP contribution in [0.25, 0.3) is 0 Å². The molecular formula is C36H63N7O8. The summed E-state index contributed by atoms with van der Waals surface area (Å²) in [6, 6.07) is -5.65. The normalized spacial score (nSPS) is 21.0. The summed E-state index contributed by atoms with van der Waals surface area (Å²) in [4.78, 5) is 95.6. The number of nitrogens with one attached hydrogen (secondary N) is 4. The molecule has 0 unspecified atom stereocenters. The number of carboxylic acid groups (broad SMARTS) is 1. The van der Waals surface area contributed by atoms with Crippen molar-refractivity contribution in [2.75, 3.05) is 19.6 Å². The highest BCUT2D eigenvalue weighted by Crippen LogP contribution is 2.24. The van der Waals surface area contributed by atoms with Crippen molar-refractivity contribution >= 4 is 41.4 Å². The Kier molecular flexibility index (Phi) is 17.3. The first kappa shape index (κ1) is 43.4.